The van der Waals surface area contributed by atoms with Crippen molar-refractivity contribution < 1.29 is 0 Å². The summed E-state index contributed by atoms with van der Waals surface area (Å²) in [5.41, 5.74) is 2.80. The van der Waals surface area contributed by atoms with Crippen molar-refractivity contribution >= 4 is 28.4 Å². The van der Waals surface area contributed by atoms with E-state index in [0.717, 1.165) is 28.5 Å². The third-order valence-corrected chi connectivity index (χ3v) is 5.08. The summed E-state index contributed by atoms with van der Waals surface area (Å²) in [5, 5.41) is 10.1. The fourth-order valence-electron chi connectivity index (χ4n) is 3.01. The molecule has 4 rings (SSSR count). The lowest BCUT2D eigenvalue weighted by Crippen LogP contribution is -2.21. The Morgan fingerprint density at radius 1 is 1.00 bits per heavy atom. The normalized spacial score (nSPS) is 11.4. The van der Waals surface area contributed by atoms with Crippen molar-refractivity contribution in [2.45, 2.75) is 25.4 Å². The van der Waals surface area contributed by atoms with Crippen LogP contribution >= 0.6 is 11.8 Å². The van der Waals surface area contributed by atoms with Crippen molar-refractivity contribution in [2.24, 2.45) is 0 Å². The van der Waals surface area contributed by atoms with E-state index in [9.17, 15) is 4.79 Å². The Morgan fingerprint density at radius 3 is 2.48 bits per heavy atom. The summed E-state index contributed by atoms with van der Waals surface area (Å²) in [7, 11) is 0. The molecular formula is C19H18N4OS. The molecule has 0 saturated heterocycles. The van der Waals surface area contributed by atoms with E-state index in [1.54, 1.807) is 16.3 Å². The fraction of sp³-hybridized carbons (Fsp3) is 0.211. The fourth-order valence-corrected chi connectivity index (χ4v) is 3.68. The lowest BCUT2D eigenvalue weighted by molar-refractivity contribution is 0.931. The average Bonchev–Trinajstić information content (AvgIpc) is 3.06. The number of fused-ring (bicyclic) bond motifs is 3. The van der Waals surface area contributed by atoms with Gasteiger partial charge >= 0.3 is 0 Å². The first-order valence-corrected chi connectivity index (χ1v) is 9.34. The Kier molecular flexibility index (Phi) is 4.05. The molecule has 0 spiro atoms. The minimum absolute atomic E-state index is 0.0761. The zero-order chi connectivity index (χ0) is 17.4. The highest BCUT2D eigenvalue weighted by atomic mass is 32.2. The first kappa shape index (κ1) is 15.9. The largest absolute Gasteiger partial charge is 0.268 e. The Balaban J connectivity index is 2.11. The van der Waals surface area contributed by atoms with E-state index in [4.69, 9.17) is 0 Å². The van der Waals surface area contributed by atoms with Crippen LogP contribution in [0.5, 0.6) is 0 Å². The van der Waals surface area contributed by atoms with Crippen molar-refractivity contribution in [3.05, 3.63) is 64.4 Å². The molecule has 0 N–H and O–H groups in total. The Morgan fingerprint density at radius 2 is 1.76 bits per heavy atom. The second kappa shape index (κ2) is 6.37. The van der Waals surface area contributed by atoms with Crippen LogP contribution in [0, 0.1) is 0 Å². The second-order valence-electron chi connectivity index (χ2n) is 5.73. The van der Waals surface area contributed by atoms with Gasteiger partial charge in [0.2, 0.25) is 5.78 Å². The SMILES string of the molecule is CCSc1nnc2n(-c3ccc(CC)cc3)c(=O)c3ccccc3n12. The molecule has 0 unspecified atom stereocenters. The molecule has 2 heterocycles. The standard InChI is InChI=1S/C19H18N4OS/c1-3-13-9-11-14(12-10-13)22-17(24)15-7-5-6-8-16(15)23-18(22)20-21-19(23)25-4-2/h5-12H,3-4H2,1-2H3. The lowest BCUT2D eigenvalue weighted by atomic mass is 10.1. The maximum Gasteiger partial charge on any atom is 0.267 e. The van der Waals surface area contributed by atoms with Crippen LogP contribution in [0.3, 0.4) is 0 Å². The topological polar surface area (TPSA) is 52.2 Å². The first-order chi connectivity index (χ1) is 12.2. The van der Waals surface area contributed by atoms with E-state index in [0.29, 0.717) is 11.2 Å². The van der Waals surface area contributed by atoms with Gasteiger partial charge in [0.05, 0.1) is 16.6 Å². The number of benzene rings is 2. The summed E-state index contributed by atoms with van der Waals surface area (Å²) in [6.07, 6.45) is 0.963. The molecule has 0 amide bonds. The maximum atomic E-state index is 13.1. The monoisotopic (exact) mass is 350 g/mol. The van der Waals surface area contributed by atoms with E-state index >= 15 is 0 Å². The lowest BCUT2D eigenvalue weighted by Gasteiger charge is -2.11. The van der Waals surface area contributed by atoms with Crippen molar-refractivity contribution in [3.8, 4) is 5.69 Å². The van der Waals surface area contributed by atoms with Crippen LogP contribution in [0.25, 0.3) is 22.4 Å². The molecule has 5 nitrogen and oxygen atoms in total. The molecule has 0 aliphatic rings. The van der Waals surface area contributed by atoms with Crippen LogP contribution < -0.4 is 5.56 Å². The molecule has 0 atom stereocenters. The maximum absolute atomic E-state index is 13.1. The number of hydrogen-bond donors (Lipinski definition) is 0. The van der Waals surface area contributed by atoms with Gasteiger partial charge < -0.3 is 0 Å². The minimum Gasteiger partial charge on any atom is -0.268 e. The predicted molar refractivity (Wildman–Crippen MR) is 102 cm³/mol. The van der Waals surface area contributed by atoms with Gasteiger partial charge in [-0.2, -0.15) is 0 Å². The van der Waals surface area contributed by atoms with E-state index in [1.165, 1.54) is 5.56 Å². The van der Waals surface area contributed by atoms with E-state index in [-0.39, 0.29) is 5.56 Å². The number of para-hydroxylation sites is 1. The van der Waals surface area contributed by atoms with Crippen LogP contribution in [0.15, 0.2) is 58.5 Å². The summed E-state index contributed by atoms with van der Waals surface area (Å²) < 4.78 is 3.62. The number of thioether (sulfide) groups is 1. The molecule has 2 aromatic heterocycles. The predicted octanol–water partition coefficient (Wildman–Crippen LogP) is 3.71. The van der Waals surface area contributed by atoms with Gasteiger partial charge in [-0.25, -0.2) is 4.57 Å². The summed E-state index contributed by atoms with van der Waals surface area (Å²) >= 11 is 1.62. The molecule has 0 bridgehead atoms. The first-order valence-electron chi connectivity index (χ1n) is 8.35. The van der Waals surface area contributed by atoms with Crippen molar-refractivity contribution in [1.29, 1.82) is 0 Å². The number of aryl methyl sites for hydroxylation is 1. The van der Waals surface area contributed by atoms with Crippen LogP contribution in [0.4, 0.5) is 0 Å². The van der Waals surface area contributed by atoms with Crippen LogP contribution in [0.1, 0.15) is 19.4 Å². The Labute approximate surface area is 149 Å². The Hall–Kier alpha value is -2.60. The molecule has 0 fully saturated rings. The number of aromatic nitrogens is 4. The van der Waals surface area contributed by atoms with E-state index in [1.807, 2.05) is 52.9 Å². The van der Waals surface area contributed by atoms with Gasteiger partial charge in [-0.1, -0.05) is 49.9 Å². The average molecular weight is 350 g/mol. The smallest absolute Gasteiger partial charge is 0.267 e. The van der Waals surface area contributed by atoms with Crippen molar-refractivity contribution in [2.75, 3.05) is 5.75 Å². The third-order valence-electron chi connectivity index (χ3n) is 4.27. The molecule has 2 aromatic carbocycles. The highest BCUT2D eigenvalue weighted by Crippen LogP contribution is 2.23. The molecule has 0 aliphatic heterocycles. The third kappa shape index (κ3) is 2.53. The molecule has 126 valence electrons. The summed E-state index contributed by atoms with van der Waals surface area (Å²) in [5.74, 6) is 1.43. The van der Waals surface area contributed by atoms with Gasteiger partial charge in [0.1, 0.15) is 0 Å². The molecule has 0 radical (unpaired) electrons. The zero-order valence-electron chi connectivity index (χ0n) is 14.1. The van der Waals surface area contributed by atoms with Gasteiger partial charge in [-0.05, 0) is 42.0 Å². The van der Waals surface area contributed by atoms with Gasteiger partial charge in [0.15, 0.2) is 5.16 Å². The molecule has 4 aromatic rings. The molecule has 0 aliphatic carbocycles. The van der Waals surface area contributed by atoms with Gasteiger partial charge in [-0.3, -0.25) is 9.20 Å². The molecule has 6 heteroatoms. The summed E-state index contributed by atoms with van der Waals surface area (Å²) in [6, 6.07) is 15.6. The number of nitrogens with zero attached hydrogens (tertiary/aromatic N) is 4. The second-order valence-corrected chi connectivity index (χ2v) is 6.96. The van der Waals surface area contributed by atoms with Crippen LogP contribution in [-0.4, -0.2) is 24.9 Å². The van der Waals surface area contributed by atoms with Gasteiger partial charge in [0.25, 0.3) is 5.56 Å². The highest BCUT2D eigenvalue weighted by molar-refractivity contribution is 7.99. The van der Waals surface area contributed by atoms with Crippen molar-refractivity contribution in [3.63, 3.8) is 0 Å². The molecule has 0 saturated carbocycles. The van der Waals surface area contributed by atoms with Crippen LogP contribution in [-0.2, 0) is 6.42 Å². The van der Waals surface area contributed by atoms with Crippen molar-refractivity contribution in [1.82, 2.24) is 19.2 Å². The zero-order valence-corrected chi connectivity index (χ0v) is 15.0. The Bertz CT molecular complexity index is 1110. The van der Waals surface area contributed by atoms with E-state index in [2.05, 4.69) is 24.0 Å². The van der Waals surface area contributed by atoms with Crippen LogP contribution in [0.2, 0.25) is 0 Å². The van der Waals surface area contributed by atoms with E-state index < -0.39 is 0 Å². The quantitative estimate of drug-likeness (QED) is 0.527. The summed E-state index contributed by atoms with van der Waals surface area (Å²) in [6.45, 7) is 4.19. The molecule has 25 heavy (non-hydrogen) atoms. The number of hydrogen-bond acceptors (Lipinski definition) is 4. The van der Waals surface area contributed by atoms with Gasteiger partial charge in [0, 0.05) is 0 Å². The number of rotatable bonds is 4. The molecular weight excluding hydrogens is 332 g/mol. The summed E-state index contributed by atoms with van der Waals surface area (Å²) in [4.78, 5) is 13.1. The minimum atomic E-state index is -0.0761. The highest BCUT2D eigenvalue weighted by Gasteiger charge is 2.17. The van der Waals surface area contributed by atoms with Gasteiger partial charge in [-0.15, -0.1) is 10.2 Å².